The molecule has 0 aromatic heterocycles. The molecule has 0 saturated carbocycles. The van der Waals surface area contributed by atoms with Gasteiger partial charge in [-0.2, -0.15) is 21.6 Å². The summed E-state index contributed by atoms with van der Waals surface area (Å²) in [6.45, 7) is 3.64. The highest BCUT2D eigenvalue weighted by atomic mass is 35.5. The van der Waals surface area contributed by atoms with Crippen molar-refractivity contribution in [1.82, 2.24) is 0 Å². The number of hydrogen-bond donors (Lipinski definition) is 1. The molecule has 0 aliphatic carbocycles. The summed E-state index contributed by atoms with van der Waals surface area (Å²) >= 11 is 5.82. The highest BCUT2D eigenvalue weighted by molar-refractivity contribution is 7.93. The van der Waals surface area contributed by atoms with Crippen molar-refractivity contribution in [1.29, 1.82) is 0 Å². The van der Waals surface area contributed by atoms with Crippen molar-refractivity contribution in [3.8, 4) is 0 Å². The smallest absolute Gasteiger partial charge is 0.396 e. The van der Waals surface area contributed by atoms with E-state index in [-0.39, 0.29) is 28.6 Å². The minimum absolute atomic E-state index is 0.122. The molecule has 0 heterocycles. The van der Waals surface area contributed by atoms with E-state index in [4.69, 9.17) is 16.4 Å². The Bertz CT molecular complexity index is 660. The van der Waals surface area contributed by atoms with Gasteiger partial charge >= 0.3 is 15.5 Å². The summed E-state index contributed by atoms with van der Waals surface area (Å²) in [4.78, 5) is 4.88. The van der Waals surface area contributed by atoms with Crippen LogP contribution in [0.25, 0.3) is 0 Å². The highest BCUT2D eigenvalue weighted by Crippen LogP contribution is 2.29. The zero-order chi connectivity index (χ0) is 17.0. The number of halogens is 4. The maximum atomic E-state index is 12.5. The van der Waals surface area contributed by atoms with Gasteiger partial charge in [0.05, 0.1) is 11.4 Å². The SMILES string of the molecule is CCO/N=C(\CC)c1cc(Cl)ccc1NS(=O)(=O)C(F)(F)F. The zero-order valence-corrected chi connectivity index (χ0v) is 13.3. The van der Waals surface area contributed by atoms with Gasteiger partial charge in [-0.1, -0.05) is 23.7 Å². The first-order valence-electron chi connectivity index (χ1n) is 6.20. The van der Waals surface area contributed by atoms with Crippen molar-refractivity contribution in [3.63, 3.8) is 0 Å². The number of hydrogen-bond acceptors (Lipinski definition) is 4. The molecule has 1 aromatic carbocycles. The highest BCUT2D eigenvalue weighted by Gasteiger charge is 2.46. The summed E-state index contributed by atoms with van der Waals surface area (Å²) in [5.74, 6) is 0. The molecule has 0 spiro atoms. The van der Waals surface area contributed by atoms with Crippen LogP contribution in [0.3, 0.4) is 0 Å². The third kappa shape index (κ3) is 4.51. The topological polar surface area (TPSA) is 67.8 Å². The van der Waals surface area contributed by atoms with Crippen LogP contribution in [0.1, 0.15) is 25.8 Å². The largest absolute Gasteiger partial charge is 0.516 e. The first-order valence-corrected chi connectivity index (χ1v) is 8.06. The Morgan fingerprint density at radius 2 is 2.00 bits per heavy atom. The molecule has 0 aliphatic heterocycles. The van der Waals surface area contributed by atoms with E-state index in [0.29, 0.717) is 6.42 Å². The molecule has 5 nitrogen and oxygen atoms in total. The van der Waals surface area contributed by atoms with Gasteiger partial charge in [0, 0.05) is 10.6 Å². The van der Waals surface area contributed by atoms with Gasteiger partial charge in [-0.3, -0.25) is 4.72 Å². The van der Waals surface area contributed by atoms with Gasteiger partial charge in [0.15, 0.2) is 0 Å². The molecular formula is C12H14ClF3N2O3S. The molecule has 0 saturated heterocycles. The molecule has 1 N–H and O–H groups in total. The average Bonchev–Trinajstić information content (AvgIpc) is 2.41. The fraction of sp³-hybridized carbons (Fsp3) is 0.417. The average molecular weight is 359 g/mol. The lowest BCUT2D eigenvalue weighted by Gasteiger charge is -2.15. The lowest BCUT2D eigenvalue weighted by molar-refractivity contribution is -0.0429. The van der Waals surface area contributed by atoms with Crippen LogP contribution in [0.2, 0.25) is 5.02 Å². The van der Waals surface area contributed by atoms with Crippen LogP contribution >= 0.6 is 11.6 Å². The van der Waals surface area contributed by atoms with Crippen LogP contribution < -0.4 is 4.72 Å². The van der Waals surface area contributed by atoms with E-state index in [0.717, 1.165) is 6.07 Å². The number of benzene rings is 1. The Labute approximate surface area is 131 Å². The number of anilines is 1. The monoisotopic (exact) mass is 358 g/mol. The van der Waals surface area contributed by atoms with Crippen LogP contribution in [0.4, 0.5) is 18.9 Å². The van der Waals surface area contributed by atoms with Crippen molar-refractivity contribution >= 4 is 33.0 Å². The van der Waals surface area contributed by atoms with Crippen molar-refractivity contribution in [2.24, 2.45) is 5.16 Å². The number of oxime groups is 1. The lowest BCUT2D eigenvalue weighted by Crippen LogP contribution is -2.30. The van der Waals surface area contributed by atoms with E-state index >= 15 is 0 Å². The Balaban J connectivity index is 3.33. The van der Waals surface area contributed by atoms with Crippen LogP contribution in [-0.4, -0.2) is 26.2 Å². The molecule has 1 aromatic rings. The molecule has 0 bridgehead atoms. The zero-order valence-electron chi connectivity index (χ0n) is 11.7. The molecular weight excluding hydrogens is 345 g/mol. The molecule has 0 unspecified atom stereocenters. The van der Waals surface area contributed by atoms with Crippen molar-refractivity contribution in [2.75, 3.05) is 11.3 Å². The van der Waals surface area contributed by atoms with Crippen molar-refractivity contribution < 1.29 is 26.4 Å². The Morgan fingerprint density at radius 3 is 2.50 bits per heavy atom. The van der Waals surface area contributed by atoms with E-state index in [2.05, 4.69) is 5.16 Å². The fourth-order valence-electron chi connectivity index (χ4n) is 1.49. The molecule has 22 heavy (non-hydrogen) atoms. The maximum Gasteiger partial charge on any atom is 0.516 e. The standard InChI is InChI=1S/C12H14ClF3N2O3S/c1-3-10(17-21-4-2)9-7-8(13)5-6-11(9)18-22(19,20)12(14,15)16/h5-7,18H,3-4H2,1-2H3/b17-10+. The van der Waals surface area contributed by atoms with Crippen molar-refractivity contribution in [2.45, 2.75) is 25.8 Å². The first kappa shape index (κ1) is 18.6. The normalized spacial score (nSPS) is 13.1. The molecule has 0 fully saturated rings. The summed E-state index contributed by atoms with van der Waals surface area (Å²) in [5, 5.41) is 3.99. The number of sulfonamides is 1. The van der Waals surface area contributed by atoms with Gasteiger partial charge < -0.3 is 4.84 Å². The van der Waals surface area contributed by atoms with Crippen LogP contribution in [0.5, 0.6) is 0 Å². The molecule has 0 aliphatic rings. The predicted octanol–water partition coefficient (Wildman–Crippen LogP) is 3.75. The lowest BCUT2D eigenvalue weighted by atomic mass is 10.1. The van der Waals surface area contributed by atoms with E-state index in [1.807, 2.05) is 0 Å². The predicted molar refractivity (Wildman–Crippen MR) is 78.5 cm³/mol. The first-order chi connectivity index (χ1) is 10.1. The summed E-state index contributed by atoms with van der Waals surface area (Å²) in [6, 6.07) is 3.72. The maximum absolute atomic E-state index is 12.5. The second-order valence-corrected chi connectivity index (χ2v) is 6.16. The summed E-state index contributed by atoms with van der Waals surface area (Å²) < 4.78 is 61.4. The minimum atomic E-state index is -5.54. The second kappa shape index (κ2) is 7.19. The third-order valence-electron chi connectivity index (χ3n) is 2.48. The van der Waals surface area contributed by atoms with Gasteiger partial charge in [0.2, 0.25) is 0 Å². The quantitative estimate of drug-likeness (QED) is 0.622. The molecule has 124 valence electrons. The van der Waals surface area contributed by atoms with E-state index in [9.17, 15) is 21.6 Å². The van der Waals surface area contributed by atoms with Crippen LogP contribution in [0.15, 0.2) is 23.4 Å². The summed E-state index contributed by atoms with van der Waals surface area (Å²) in [5.41, 5.74) is -5.31. The summed E-state index contributed by atoms with van der Waals surface area (Å²) in [6.07, 6.45) is 0.307. The second-order valence-electron chi connectivity index (χ2n) is 4.05. The molecule has 0 atom stereocenters. The van der Waals surface area contributed by atoms with Gasteiger partial charge in [-0.05, 0) is 31.5 Å². The molecule has 10 heteroatoms. The third-order valence-corrected chi connectivity index (χ3v) is 3.81. The molecule has 0 amide bonds. The fourth-order valence-corrected chi connectivity index (χ4v) is 2.25. The van der Waals surface area contributed by atoms with E-state index in [1.54, 1.807) is 13.8 Å². The number of nitrogens with one attached hydrogen (secondary N) is 1. The van der Waals surface area contributed by atoms with E-state index < -0.39 is 15.5 Å². The molecule has 1 rings (SSSR count). The van der Waals surface area contributed by atoms with Gasteiger partial charge in [0.1, 0.15) is 6.61 Å². The Kier molecular flexibility index (Phi) is 6.07. The van der Waals surface area contributed by atoms with Crippen LogP contribution in [-0.2, 0) is 14.9 Å². The number of rotatable bonds is 6. The van der Waals surface area contributed by atoms with E-state index in [1.165, 1.54) is 16.9 Å². The van der Waals surface area contributed by atoms with Gasteiger partial charge in [-0.25, -0.2) is 0 Å². The van der Waals surface area contributed by atoms with Crippen LogP contribution in [0, 0.1) is 0 Å². The number of nitrogens with zero attached hydrogens (tertiary/aromatic N) is 1. The summed E-state index contributed by atoms with van der Waals surface area (Å²) in [7, 11) is -5.54. The molecule has 0 radical (unpaired) electrons. The minimum Gasteiger partial charge on any atom is -0.396 e. The Morgan fingerprint density at radius 1 is 1.36 bits per heavy atom. The number of alkyl halides is 3. The van der Waals surface area contributed by atoms with Gasteiger partial charge in [-0.15, -0.1) is 0 Å². The van der Waals surface area contributed by atoms with Gasteiger partial charge in [0.25, 0.3) is 0 Å². The van der Waals surface area contributed by atoms with Crippen molar-refractivity contribution in [3.05, 3.63) is 28.8 Å². The Hall–Kier alpha value is -1.48.